The van der Waals surface area contributed by atoms with E-state index in [-0.39, 0.29) is 0 Å². The Bertz CT molecular complexity index is 600. The molecule has 1 heterocycles. The first-order valence-corrected chi connectivity index (χ1v) is 8.22. The van der Waals surface area contributed by atoms with Crippen molar-refractivity contribution in [3.63, 3.8) is 0 Å². The quantitative estimate of drug-likeness (QED) is 0.843. The largest absolute Gasteiger partial charge is 0.384 e. The van der Waals surface area contributed by atoms with Crippen LogP contribution in [0.5, 0.6) is 0 Å². The topological polar surface area (TPSA) is 15.7 Å². The number of hydrogen-bond acceptors (Lipinski definition) is 3. The highest BCUT2D eigenvalue weighted by Crippen LogP contribution is 2.27. The van der Waals surface area contributed by atoms with E-state index in [2.05, 4.69) is 59.2 Å². The lowest BCUT2D eigenvalue weighted by Crippen LogP contribution is -2.48. The van der Waals surface area contributed by atoms with Gasteiger partial charge in [-0.2, -0.15) is 0 Å². The predicted molar refractivity (Wildman–Crippen MR) is 93.6 cm³/mol. The fourth-order valence-corrected chi connectivity index (χ4v) is 3.43. The molecule has 1 saturated heterocycles. The highest BCUT2D eigenvalue weighted by molar-refractivity contribution is 5.94. The Morgan fingerprint density at radius 1 is 1.00 bits per heavy atom. The fourth-order valence-electron chi connectivity index (χ4n) is 3.43. The summed E-state index contributed by atoms with van der Waals surface area (Å²) in [6.45, 7) is 8.73. The van der Waals surface area contributed by atoms with Gasteiger partial charge in [0.2, 0.25) is 0 Å². The molecule has 1 atom stereocenters. The van der Waals surface area contributed by atoms with Gasteiger partial charge >= 0.3 is 0 Å². The molecule has 0 aromatic heterocycles. The molecule has 0 saturated carbocycles. The van der Waals surface area contributed by atoms with Gasteiger partial charge in [-0.05, 0) is 17.4 Å². The standard InChI is InChI=1S/C19H26N2O/c1-16(15-22-2)14-20-10-12-21(13-11-20)19-9-5-7-17-6-3-4-8-18(17)19/h3-9,16H,10-15H2,1-2H3. The van der Waals surface area contributed by atoms with Crippen LogP contribution in [0.25, 0.3) is 10.8 Å². The molecule has 1 unspecified atom stereocenters. The van der Waals surface area contributed by atoms with Crippen LogP contribution < -0.4 is 4.90 Å². The minimum Gasteiger partial charge on any atom is -0.384 e. The van der Waals surface area contributed by atoms with Crippen molar-refractivity contribution in [1.82, 2.24) is 4.90 Å². The summed E-state index contributed by atoms with van der Waals surface area (Å²) in [4.78, 5) is 5.09. The van der Waals surface area contributed by atoms with Gasteiger partial charge in [-0.15, -0.1) is 0 Å². The summed E-state index contributed by atoms with van der Waals surface area (Å²) in [5.74, 6) is 0.606. The molecule has 118 valence electrons. The van der Waals surface area contributed by atoms with Crippen molar-refractivity contribution in [2.75, 3.05) is 51.3 Å². The number of rotatable bonds is 5. The summed E-state index contributed by atoms with van der Waals surface area (Å²) >= 11 is 0. The lowest BCUT2D eigenvalue weighted by Gasteiger charge is -2.37. The Hall–Kier alpha value is -1.58. The van der Waals surface area contributed by atoms with Crippen LogP contribution in [0.4, 0.5) is 5.69 Å². The van der Waals surface area contributed by atoms with Crippen molar-refractivity contribution in [3.05, 3.63) is 42.5 Å². The van der Waals surface area contributed by atoms with Gasteiger partial charge in [0.1, 0.15) is 0 Å². The Labute approximate surface area is 133 Å². The number of nitrogens with zero attached hydrogens (tertiary/aromatic N) is 2. The van der Waals surface area contributed by atoms with Crippen molar-refractivity contribution in [1.29, 1.82) is 0 Å². The number of piperazine rings is 1. The minimum atomic E-state index is 0.606. The number of anilines is 1. The molecule has 3 heteroatoms. The lowest BCUT2D eigenvalue weighted by molar-refractivity contribution is 0.126. The third-order valence-electron chi connectivity index (χ3n) is 4.50. The van der Waals surface area contributed by atoms with Crippen molar-refractivity contribution >= 4 is 16.5 Å². The molecule has 0 aliphatic carbocycles. The first kappa shape index (κ1) is 15.3. The van der Waals surface area contributed by atoms with E-state index in [9.17, 15) is 0 Å². The molecule has 2 aromatic rings. The van der Waals surface area contributed by atoms with E-state index < -0.39 is 0 Å². The van der Waals surface area contributed by atoms with E-state index in [0.29, 0.717) is 5.92 Å². The molecular weight excluding hydrogens is 272 g/mol. The highest BCUT2D eigenvalue weighted by Gasteiger charge is 2.19. The maximum absolute atomic E-state index is 5.25. The zero-order chi connectivity index (χ0) is 15.4. The third kappa shape index (κ3) is 3.42. The Kier molecular flexibility index (Phi) is 4.96. The van der Waals surface area contributed by atoms with Crippen molar-refractivity contribution < 1.29 is 4.74 Å². The van der Waals surface area contributed by atoms with Crippen LogP contribution in [0.15, 0.2) is 42.5 Å². The van der Waals surface area contributed by atoms with E-state index in [1.54, 1.807) is 7.11 Å². The van der Waals surface area contributed by atoms with Crippen LogP contribution in [0, 0.1) is 5.92 Å². The molecule has 0 radical (unpaired) electrons. The van der Waals surface area contributed by atoms with Crippen molar-refractivity contribution in [3.8, 4) is 0 Å². The highest BCUT2D eigenvalue weighted by atomic mass is 16.5. The second-order valence-corrected chi connectivity index (χ2v) is 6.35. The average Bonchev–Trinajstić information content (AvgIpc) is 2.55. The van der Waals surface area contributed by atoms with Crippen LogP contribution in [-0.2, 0) is 4.74 Å². The maximum Gasteiger partial charge on any atom is 0.0500 e. The SMILES string of the molecule is COCC(C)CN1CCN(c2cccc3ccccc23)CC1. The maximum atomic E-state index is 5.25. The Morgan fingerprint density at radius 2 is 1.73 bits per heavy atom. The molecule has 2 aromatic carbocycles. The van der Waals surface area contributed by atoms with Crippen molar-refractivity contribution in [2.24, 2.45) is 5.92 Å². The zero-order valence-electron chi connectivity index (χ0n) is 13.7. The van der Waals surface area contributed by atoms with Gasteiger partial charge in [0.25, 0.3) is 0 Å². The van der Waals surface area contributed by atoms with E-state index >= 15 is 0 Å². The van der Waals surface area contributed by atoms with Crippen LogP contribution in [-0.4, -0.2) is 51.3 Å². The number of benzene rings is 2. The molecule has 1 fully saturated rings. The summed E-state index contributed by atoms with van der Waals surface area (Å²) < 4.78 is 5.25. The molecule has 3 rings (SSSR count). The average molecular weight is 298 g/mol. The molecular formula is C19H26N2O. The second kappa shape index (κ2) is 7.12. The normalized spacial score (nSPS) is 17.8. The molecule has 0 N–H and O–H groups in total. The fraction of sp³-hybridized carbons (Fsp3) is 0.474. The van der Waals surface area contributed by atoms with Crippen LogP contribution in [0.2, 0.25) is 0 Å². The predicted octanol–water partition coefficient (Wildman–Crippen LogP) is 3.24. The Balaban J connectivity index is 1.66. The molecule has 22 heavy (non-hydrogen) atoms. The summed E-state index contributed by atoms with van der Waals surface area (Å²) in [7, 11) is 1.79. The van der Waals surface area contributed by atoms with Crippen LogP contribution >= 0.6 is 0 Å². The first-order valence-electron chi connectivity index (χ1n) is 8.22. The second-order valence-electron chi connectivity index (χ2n) is 6.35. The summed E-state index contributed by atoms with van der Waals surface area (Å²) in [6.07, 6.45) is 0. The number of hydrogen-bond donors (Lipinski definition) is 0. The molecule has 0 spiro atoms. The molecule has 1 aliphatic rings. The number of methoxy groups -OCH3 is 1. The summed E-state index contributed by atoms with van der Waals surface area (Å²) in [5.41, 5.74) is 1.38. The third-order valence-corrected chi connectivity index (χ3v) is 4.50. The van der Waals surface area contributed by atoms with Gasteiger partial charge < -0.3 is 9.64 Å². The first-order chi connectivity index (χ1) is 10.8. The minimum absolute atomic E-state index is 0.606. The van der Waals surface area contributed by atoms with Crippen LogP contribution in [0.1, 0.15) is 6.92 Å². The summed E-state index contributed by atoms with van der Waals surface area (Å²) in [5, 5.41) is 2.70. The van der Waals surface area contributed by atoms with E-state index in [4.69, 9.17) is 4.74 Å². The summed E-state index contributed by atoms with van der Waals surface area (Å²) in [6, 6.07) is 15.3. The van der Waals surface area contributed by atoms with Gasteiger partial charge in [0.05, 0.1) is 0 Å². The monoisotopic (exact) mass is 298 g/mol. The zero-order valence-corrected chi connectivity index (χ0v) is 13.7. The molecule has 1 aliphatic heterocycles. The smallest absolute Gasteiger partial charge is 0.0500 e. The van der Waals surface area contributed by atoms with Gasteiger partial charge in [0.15, 0.2) is 0 Å². The molecule has 3 nitrogen and oxygen atoms in total. The lowest BCUT2D eigenvalue weighted by atomic mass is 10.1. The van der Waals surface area contributed by atoms with Gasteiger partial charge in [-0.25, -0.2) is 0 Å². The molecule has 0 amide bonds. The van der Waals surface area contributed by atoms with Crippen LogP contribution in [0.3, 0.4) is 0 Å². The van der Waals surface area contributed by atoms with Gasteiger partial charge in [0, 0.05) is 57.5 Å². The van der Waals surface area contributed by atoms with Gasteiger partial charge in [-0.3, -0.25) is 4.90 Å². The van der Waals surface area contributed by atoms with E-state index in [1.165, 1.54) is 16.5 Å². The molecule has 0 bridgehead atoms. The van der Waals surface area contributed by atoms with Crippen molar-refractivity contribution in [2.45, 2.75) is 6.92 Å². The number of ether oxygens (including phenoxy) is 1. The van der Waals surface area contributed by atoms with Gasteiger partial charge in [-0.1, -0.05) is 43.3 Å². The van der Waals surface area contributed by atoms with E-state index in [1.807, 2.05) is 0 Å². The Morgan fingerprint density at radius 3 is 2.50 bits per heavy atom. The number of fused-ring (bicyclic) bond motifs is 1. The van der Waals surface area contributed by atoms with E-state index in [0.717, 1.165) is 39.3 Å².